The molecule has 10 heteroatoms. The molecule has 208 valence electrons. The Bertz CT molecular complexity index is 1910. The molecule has 0 spiro atoms. The Balaban J connectivity index is 0.000000201. The summed E-state index contributed by atoms with van der Waals surface area (Å²) in [6.45, 7) is 0. The molecule has 4 N–H and O–H groups in total. The summed E-state index contributed by atoms with van der Waals surface area (Å²) < 4.78 is 3.83. The first-order chi connectivity index (χ1) is 20.5. The van der Waals surface area contributed by atoms with Gasteiger partial charge in [-0.05, 0) is 97.8 Å². The molecule has 6 aromatic rings. The van der Waals surface area contributed by atoms with E-state index in [-0.39, 0.29) is 0 Å². The van der Waals surface area contributed by atoms with Crippen LogP contribution in [0.4, 0.5) is 5.82 Å². The minimum Gasteiger partial charge on any atom is -0.383 e. The summed E-state index contributed by atoms with van der Waals surface area (Å²) in [6, 6.07) is 19.8. The molecule has 0 aliphatic heterocycles. The Morgan fingerprint density at radius 3 is 2.52 bits per heavy atom. The molecule has 5 heterocycles. The second-order valence-corrected chi connectivity index (χ2v) is 10.6. The highest BCUT2D eigenvalue weighted by Gasteiger charge is 2.24. The number of aromatic nitrogens is 7. The number of amides is 1. The smallest absolute Gasteiger partial charge is 0.250 e. The van der Waals surface area contributed by atoms with Crippen molar-refractivity contribution in [3.8, 4) is 22.9 Å². The number of hydrogen-bond acceptors (Lipinski definition) is 7. The van der Waals surface area contributed by atoms with Gasteiger partial charge in [0.2, 0.25) is 5.91 Å². The summed E-state index contributed by atoms with van der Waals surface area (Å²) in [6.07, 6.45) is 12.8. The maximum atomic E-state index is 10.7. The first-order valence-electron chi connectivity index (χ1n) is 14.0. The van der Waals surface area contributed by atoms with E-state index < -0.39 is 5.91 Å². The zero-order valence-electron chi connectivity index (χ0n) is 22.9. The van der Waals surface area contributed by atoms with Crippen molar-refractivity contribution in [1.29, 1.82) is 0 Å². The number of benzene rings is 1. The predicted molar refractivity (Wildman–Crippen MR) is 160 cm³/mol. The van der Waals surface area contributed by atoms with Crippen LogP contribution in [-0.4, -0.2) is 40.2 Å². The molecule has 0 saturated heterocycles. The summed E-state index contributed by atoms with van der Waals surface area (Å²) in [5, 5.41) is 4.32. The van der Waals surface area contributed by atoms with E-state index in [4.69, 9.17) is 21.4 Å². The van der Waals surface area contributed by atoms with Gasteiger partial charge in [-0.2, -0.15) is 5.10 Å². The molecule has 0 atom stereocenters. The summed E-state index contributed by atoms with van der Waals surface area (Å²) in [4.78, 5) is 28.9. The van der Waals surface area contributed by atoms with Gasteiger partial charge in [0.25, 0.3) is 0 Å². The Hall–Kier alpha value is -5.38. The van der Waals surface area contributed by atoms with Gasteiger partial charge in [0.05, 0.1) is 11.1 Å². The largest absolute Gasteiger partial charge is 0.383 e. The van der Waals surface area contributed by atoms with E-state index >= 15 is 0 Å². The molecule has 2 aliphatic carbocycles. The summed E-state index contributed by atoms with van der Waals surface area (Å²) in [5.41, 5.74) is 19.1. The van der Waals surface area contributed by atoms with Crippen LogP contribution in [0.25, 0.3) is 34.1 Å². The van der Waals surface area contributed by atoms with Crippen LogP contribution in [-0.2, 0) is 12.8 Å². The second-order valence-electron chi connectivity index (χ2n) is 10.6. The van der Waals surface area contributed by atoms with Crippen LogP contribution in [0.1, 0.15) is 52.4 Å². The van der Waals surface area contributed by atoms with Crippen LogP contribution in [0.2, 0.25) is 0 Å². The Labute approximate surface area is 242 Å². The van der Waals surface area contributed by atoms with E-state index in [1.807, 2.05) is 42.6 Å². The molecule has 1 saturated carbocycles. The number of nitrogen functional groups attached to an aromatic ring is 1. The van der Waals surface area contributed by atoms with Gasteiger partial charge in [0, 0.05) is 42.1 Å². The lowest BCUT2D eigenvalue weighted by molar-refractivity contribution is 0.1000. The predicted octanol–water partition coefficient (Wildman–Crippen LogP) is 4.80. The average Bonchev–Trinajstić information content (AvgIpc) is 3.37. The highest BCUT2D eigenvalue weighted by molar-refractivity contribution is 5.92. The molecule has 5 aromatic heterocycles. The maximum absolute atomic E-state index is 10.7. The number of rotatable bonds is 5. The fourth-order valence-corrected chi connectivity index (χ4v) is 5.38. The molecule has 2 aliphatic rings. The van der Waals surface area contributed by atoms with Crippen molar-refractivity contribution in [2.45, 2.75) is 38.0 Å². The number of carbonyl (C=O) groups is 1. The van der Waals surface area contributed by atoms with E-state index in [1.165, 1.54) is 30.4 Å². The highest BCUT2D eigenvalue weighted by atomic mass is 16.1. The van der Waals surface area contributed by atoms with Crippen LogP contribution >= 0.6 is 0 Å². The van der Waals surface area contributed by atoms with Crippen molar-refractivity contribution < 1.29 is 4.79 Å². The zero-order valence-corrected chi connectivity index (χ0v) is 22.9. The molecule has 0 unspecified atom stereocenters. The number of nitrogens with zero attached hydrogens (tertiary/aromatic N) is 7. The van der Waals surface area contributed by atoms with Gasteiger partial charge < -0.3 is 11.5 Å². The van der Waals surface area contributed by atoms with Crippen molar-refractivity contribution in [1.82, 2.24) is 34.3 Å². The van der Waals surface area contributed by atoms with Gasteiger partial charge in [-0.15, -0.1) is 0 Å². The van der Waals surface area contributed by atoms with Crippen LogP contribution in [0.15, 0.2) is 85.5 Å². The van der Waals surface area contributed by atoms with Gasteiger partial charge in [0.1, 0.15) is 11.3 Å². The van der Waals surface area contributed by atoms with Crippen molar-refractivity contribution in [2.75, 3.05) is 5.73 Å². The molecule has 10 nitrogen and oxygen atoms in total. The molecular formula is C32H29N9O. The second kappa shape index (κ2) is 10.5. The lowest BCUT2D eigenvalue weighted by Crippen LogP contribution is -2.11. The van der Waals surface area contributed by atoms with Crippen molar-refractivity contribution in [3.05, 3.63) is 108 Å². The first-order valence-corrected chi connectivity index (χ1v) is 14.0. The number of anilines is 1. The monoisotopic (exact) mass is 555 g/mol. The molecule has 0 radical (unpaired) electrons. The van der Waals surface area contributed by atoms with Crippen LogP contribution in [0, 0.1) is 0 Å². The topological polar surface area (TPSA) is 143 Å². The quantitative estimate of drug-likeness (QED) is 0.311. The number of carbonyl (C=O) groups excluding carboxylic acids is 1. The van der Waals surface area contributed by atoms with Crippen molar-refractivity contribution in [2.24, 2.45) is 5.73 Å². The number of hydrogen-bond donors (Lipinski definition) is 2. The normalized spacial score (nSPS) is 13.9. The Kier molecular flexibility index (Phi) is 6.42. The number of fused-ring (bicyclic) bond motifs is 2. The van der Waals surface area contributed by atoms with E-state index in [0.717, 1.165) is 52.6 Å². The summed E-state index contributed by atoms with van der Waals surface area (Å²) in [7, 11) is 0. The molecule has 1 amide bonds. The minimum absolute atomic E-state index is 0.412. The van der Waals surface area contributed by atoms with Crippen LogP contribution in [0.3, 0.4) is 0 Å². The molecule has 1 fully saturated rings. The highest BCUT2D eigenvalue weighted by Crippen LogP contribution is 2.38. The number of imidazole rings is 1. The van der Waals surface area contributed by atoms with Crippen LogP contribution in [0.5, 0.6) is 0 Å². The fraction of sp³-hybridized carbons (Fsp3) is 0.188. The first kappa shape index (κ1) is 25.6. The maximum Gasteiger partial charge on any atom is 0.250 e. The standard InChI is InChI=1S/C23H19N7.C9H10N2O/c24-21-18(6-2-11-25-21)22-27-19-9-10-20(29-13-3-12-26-29)28-23(19)30(22)17-8-7-15-4-1-5-16(15)14-17;10-9(12)7-3-4-8(11-5-7)6-1-2-6/h2-3,6-14H,1,4-5H2,(H2,24,25);3-6H,1-2H2,(H2,10,12). The molecule has 42 heavy (non-hydrogen) atoms. The number of nitrogens with two attached hydrogens (primary N) is 2. The third-order valence-electron chi connectivity index (χ3n) is 7.72. The van der Waals surface area contributed by atoms with Crippen LogP contribution < -0.4 is 11.5 Å². The Morgan fingerprint density at radius 1 is 0.905 bits per heavy atom. The molecule has 0 bridgehead atoms. The number of aryl methyl sites for hydroxylation is 2. The minimum atomic E-state index is -0.412. The average molecular weight is 556 g/mol. The van der Waals surface area contributed by atoms with Gasteiger partial charge in [0.15, 0.2) is 17.3 Å². The van der Waals surface area contributed by atoms with E-state index in [2.05, 4.69) is 37.8 Å². The summed E-state index contributed by atoms with van der Waals surface area (Å²) in [5.74, 6) is 2.14. The molecule has 1 aromatic carbocycles. The SMILES string of the molecule is NC(=O)c1ccc(C2CC2)nc1.Nc1ncccc1-c1nc2ccc(-n3cccn3)nc2n1-c1ccc2c(c1)CCC2. The van der Waals surface area contributed by atoms with E-state index in [9.17, 15) is 4.79 Å². The van der Waals surface area contributed by atoms with Gasteiger partial charge >= 0.3 is 0 Å². The third-order valence-corrected chi connectivity index (χ3v) is 7.72. The van der Waals surface area contributed by atoms with E-state index in [0.29, 0.717) is 17.3 Å². The zero-order chi connectivity index (χ0) is 28.6. The molecular weight excluding hydrogens is 526 g/mol. The van der Waals surface area contributed by atoms with E-state index in [1.54, 1.807) is 29.3 Å². The van der Waals surface area contributed by atoms with Gasteiger partial charge in [-0.1, -0.05) is 6.07 Å². The van der Waals surface area contributed by atoms with Gasteiger partial charge in [-0.25, -0.2) is 19.6 Å². The lowest BCUT2D eigenvalue weighted by atomic mass is 10.1. The Morgan fingerprint density at radius 2 is 1.79 bits per heavy atom. The molecule has 8 rings (SSSR count). The lowest BCUT2D eigenvalue weighted by Gasteiger charge is -2.12. The third kappa shape index (κ3) is 4.87. The van der Waals surface area contributed by atoms with Gasteiger partial charge in [-0.3, -0.25) is 14.3 Å². The summed E-state index contributed by atoms with van der Waals surface area (Å²) >= 11 is 0. The fourth-order valence-electron chi connectivity index (χ4n) is 5.38. The number of pyridine rings is 3. The van der Waals surface area contributed by atoms with Crippen molar-refractivity contribution in [3.63, 3.8) is 0 Å². The number of primary amides is 1. The van der Waals surface area contributed by atoms with Crippen molar-refractivity contribution >= 4 is 22.9 Å².